The van der Waals surface area contributed by atoms with Gasteiger partial charge in [-0.2, -0.15) is 8.78 Å². The molecule has 7 heteroatoms. The zero-order chi connectivity index (χ0) is 13.0. The number of methoxy groups -OCH3 is 1. The van der Waals surface area contributed by atoms with Gasteiger partial charge in [-0.1, -0.05) is 0 Å². The first kappa shape index (κ1) is 15.2. The molecule has 0 radical (unpaired) electrons. The van der Waals surface area contributed by atoms with Crippen molar-refractivity contribution in [1.29, 1.82) is 0 Å². The monoisotopic (exact) mass is 245 g/mol. The zero-order valence-corrected chi connectivity index (χ0v) is 9.32. The van der Waals surface area contributed by atoms with E-state index in [1.807, 2.05) is 0 Å². The molecule has 0 spiro atoms. The van der Waals surface area contributed by atoms with Crippen LogP contribution in [0.1, 0.15) is 13.8 Å². The van der Waals surface area contributed by atoms with E-state index in [-0.39, 0.29) is 6.54 Å². The van der Waals surface area contributed by atoms with Crippen molar-refractivity contribution < 1.29 is 27.1 Å². The van der Waals surface area contributed by atoms with Crippen LogP contribution >= 0.6 is 0 Å². The Labute approximate surface area is 91.1 Å². The second kappa shape index (κ2) is 5.47. The van der Waals surface area contributed by atoms with Gasteiger partial charge in [-0.05, 0) is 13.8 Å². The average Bonchev–Trinajstić information content (AvgIpc) is 2.15. The van der Waals surface area contributed by atoms with Crippen LogP contribution in [0, 0.1) is 5.41 Å². The van der Waals surface area contributed by atoms with Crippen LogP contribution in [0.2, 0.25) is 0 Å². The van der Waals surface area contributed by atoms with Gasteiger partial charge < -0.3 is 10.1 Å². The van der Waals surface area contributed by atoms with E-state index in [1.165, 1.54) is 13.8 Å². The highest BCUT2D eigenvalue weighted by molar-refractivity contribution is 5.76. The fraction of sp³-hybridized carbons (Fsp3) is 0.889. The molecular formula is C9H15F4NO2. The predicted octanol–water partition coefficient (Wildman–Crippen LogP) is 1.68. The molecule has 0 aromatic rings. The number of carbonyl (C=O) groups excluding carboxylic acids is 1. The summed E-state index contributed by atoms with van der Waals surface area (Å²) in [6, 6.07) is 0. The maximum atomic E-state index is 12.5. The summed E-state index contributed by atoms with van der Waals surface area (Å²) < 4.78 is 52.9. The van der Waals surface area contributed by atoms with Gasteiger partial charge in [0.1, 0.15) is 0 Å². The number of hydrogen-bond donors (Lipinski definition) is 1. The van der Waals surface area contributed by atoms with Gasteiger partial charge in [0.25, 0.3) is 0 Å². The molecule has 0 rings (SSSR count). The van der Waals surface area contributed by atoms with E-state index in [9.17, 15) is 22.4 Å². The molecule has 16 heavy (non-hydrogen) atoms. The maximum Gasteiger partial charge on any atom is 0.319 e. The Morgan fingerprint density at radius 1 is 1.31 bits per heavy atom. The van der Waals surface area contributed by atoms with Crippen molar-refractivity contribution in [2.24, 2.45) is 5.41 Å². The molecule has 0 bridgehead atoms. The van der Waals surface area contributed by atoms with Gasteiger partial charge in [0.05, 0.1) is 19.1 Å². The van der Waals surface area contributed by atoms with E-state index in [0.29, 0.717) is 0 Å². The summed E-state index contributed by atoms with van der Waals surface area (Å²) in [5.41, 5.74) is -1.03. The Hall–Kier alpha value is -0.850. The van der Waals surface area contributed by atoms with Gasteiger partial charge in [0, 0.05) is 6.54 Å². The van der Waals surface area contributed by atoms with Crippen LogP contribution in [0.25, 0.3) is 0 Å². The average molecular weight is 245 g/mol. The minimum atomic E-state index is -4.09. The largest absolute Gasteiger partial charge is 0.469 e. The summed E-state index contributed by atoms with van der Waals surface area (Å²) in [4.78, 5) is 11.1. The van der Waals surface area contributed by atoms with Gasteiger partial charge >= 0.3 is 18.3 Å². The van der Waals surface area contributed by atoms with Gasteiger partial charge in [-0.25, -0.2) is 8.78 Å². The number of nitrogens with one attached hydrogen (secondary N) is 1. The second-order valence-electron chi connectivity index (χ2n) is 4.04. The van der Waals surface area contributed by atoms with Crippen molar-refractivity contribution >= 4 is 5.97 Å². The minimum absolute atomic E-state index is 0.165. The van der Waals surface area contributed by atoms with Crippen molar-refractivity contribution in [2.75, 3.05) is 20.2 Å². The molecule has 0 saturated heterocycles. The summed E-state index contributed by atoms with van der Waals surface area (Å²) in [7, 11) is 1.16. The molecule has 96 valence electrons. The second-order valence-corrected chi connectivity index (χ2v) is 4.04. The van der Waals surface area contributed by atoms with Gasteiger partial charge in [-0.15, -0.1) is 0 Å². The van der Waals surface area contributed by atoms with Crippen molar-refractivity contribution in [3.05, 3.63) is 0 Å². The molecule has 0 atom stereocenters. The Kier molecular flexibility index (Phi) is 5.18. The number of rotatable bonds is 6. The Morgan fingerprint density at radius 3 is 2.19 bits per heavy atom. The van der Waals surface area contributed by atoms with Crippen LogP contribution in [0.15, 0.2) is 0 Å². The quantitative estimate of drug-likeness (QED) is 0.571. The lowest BCUT2D eigenvalue weighted by Crippen LogP contribution is -2.44. The number of alkyl halides is 4. The van der Waals surface area contributed by atoms with Gasteiger partial charge in [-0.3, -0.25) is 4.79 Å². The van der Waals surface area contributed by atoms with E-state index < -0.39 is 30.3 Å². The maximum absolute atomic E-state index is 12.5. The lowest BCUT2D eigenvalue weighted by Gasteiger charge is -2.23. The van der Waals surface area contributed by atoms with Gasteiger partial charge in [0.2, 0.25) is 0 Å². The SMILES string of the molecule is COC(=O)C(C)(C)CNCC(F)(F)C(F)F. The van der Waals surface area contributed by atoms with Crippen molar-refractivity contribution in [1.82, 2.24) is 5.32 Å². The minimum Gasteiger partial charge on any atom is -0.469 e. The highest BCUT2D eigenvalue weighted by Crippen LogP contribution is 2.22. The third-order valence-corrected chi connectivity index (χ3v) is 1.98. The number of halogens is 4. The number of hydrogen-bond acceptors (Lipinski definition) is 3. The molecule has 0 aliphatic heterocycles. The number of carbonyl (C=O) groups is 1. The predicted molar refractivity (Wildman–Crippen MR) is 49.6 cm³/mol. The van der Waals surface area contributed by atoms with Gasteiger partial charge in [0.15, 0.2) is 0 Å². The highest BCUT2D eigenvalue weighted by Gasteiger charge is 2.41. The van der Waals surface area contributed by atoms with E-state index >= 15 is 0 Å². The summed E-state index contributed by atoms with van der Waals surface area (Å²) in [6.07, 6.45) is -3.72. The first-order valence-corrected chi connectivity index (χ1v) is 4.58. The van der Waals surface area contributed by atoms with Crippen LogP contribution in [0.3, 0.4) is 0 Å². The summed E-state index contributed by atoms with van der Waals surface area (Å²) in [6.45, 7) is 1.59. The van der Waals surface area contributed by atoms with Crippen molar-refractivity contribution in [3.63, 3.8) is 0 Å². The smallest absolute Gasteiger partial charge is 0.319 e. The van der Waals surface area contributed by atoms with Crippen LogP contribution in [-0.4, -0.2) is 38.5 Å². The first-order valence-electron chi connectivity index (χ1n) is 4.58. The number of ether oxygens (including phenoxy) is 1. The summed E-state index contributed by atoms with van der Waals surface area (Å²) in [5.74, 6) is -4.69. The highest BCUT2D eigenvalue weighted by atomic mass is 19.3. The molecule has 0 amide bonds. The molecule has 0 heterocycles. The molecule has 0 aliphatic carbocycles. The van der Waals surface area contributed by atoms with E-state index in [4.69, 9.17) is 0 Å². The molecular weight excluding hydrogens is 230 g/mol. The zero-order valence-electron chi connectivity index (χ0n) is 9.32. The molecule has 0 saturated carbocycles. The standard InChI is InChI=1S/C9H15F4NO2/c1-8(2,7(15)16-3)4-14-5-9(12,13)6(10)11/h6,14H,4-5H2,1-3H3. The molecule has 1 N–H and O–H groups in total. The van der Waals surface area contributed by atoms with Crippen LogP contribution in [0.5, 0.6) is 0 Å². The Morgan fingerprint density at radius 2 is 1.81 bits per heavy atom. The van der Waals surface area contributed by atoms with Crippen LogP contribution < -0.4 is 5.32 Å². The third kappa shape index (κ3) is 4.34. The molecule has 0 aromatic heterocycles. The molecule has 0 unspecified atom stereocenters. The molecule has 3 nitrogen and oxygen atoms in total. The fourth-order valence-corrected chi connectivity index (χ4v) is 0.967. The normalized spacial score (nSPS) is 13.0. The van der Waals surface area contributed by atoms with Crippen molar-refractivity contribution in [3.8, 4) is 0 Å². The summed E-state index contributed by atoms with van der Waals surface area (Å²) in [5, 5.41) is 2.13. The lowest BCUT2D eigenvalue weighted by atomic mass is 9.94. The molecule has 0 aromatic carbocycles. The Bertz CT molecular complexity index is 244. The van der Waals surface area contributed by atoms with E-state index in [0.717, 1.165) is 7.11 Å². The lowest BCUT2D eigenvalue weighted by molar-refractivity contribution is -0.151. The van der Waals surface area contributed by atoms with E-state index in [1.54, 1.807) is 0 Å². The molecule has 0 fully saturated rings. The number of esters is 1. The summed E-state index contributed by atoms with van der Waals surface area (Å²) >= 11 is 0. The van der Waals surface area contributed by atoms with Crippen molar-refractivity contribution in [2.45, 2.75) is 26.2 Å². The molecule has 0 aliphatic rings. The third-order valence-electron chi connectivity index (χ3n) is 1.98. The van der Waals surface area contributed by atoms with Crippen LogP contribution in [-0.2, 0) is 9.53 Å². The van der Waals surface area contributed by atoms with E-state index in [2.05, 4.69) is 10.1 Å². The topological polar surface area (TPSA) is 38.3 Å². The first-order chi connectivity index (χ1) is 7.13. The van der Waals surface area contributed by atoms with Crippen LogP contribution in [0.4, 0.5) is 17.6 Å². The Balaban J connectivity index is 4.13. The fourth-order valence-electron chi connectivity index (χ4n) is 0.967.